The van der Waals surface area contributed by atoms with Gasteiger partial charge in [0.1, 0.15) is 11.5 Å². The van der Waals surface area contributed by atoms with E-state index in [1.807, 2.05) is 12.1 Å². The Morgan fingerprint density at radius 1 is 1.31 bits per heavy atom. The number of nitrogens with one attached hydrogen (secondary N) is 2. The summed E-state index contributed by atoms with van der Waals surface area (Å²) in [6.07, 6.45) is 2.94. The topological polar surface area (TPSA) is 74.9 Å². The Morgan fingerprint density at radius 2 is 2.10 bits per heavy atom. The lowest BCUT2D eigenvalue weighted by molar-refractivity contribution is 0.379. The molecule has 0 radical (unpaired) electrons. The van der Waals surface area contributed by atoms with E-state index in [4.69, 9.17) is 9.15 Å². The average molecular weight is 400 g/mol. The molecule has 158 valence electrons. The van der Waals surface area contributed by atoms with Crippen molar-refractivity contribution in [2.75, 3.05) is 38.7 Å². The van der Waals surface area contributed by atoms with Gasteiger partial charge in [0.2, 0.25) is 5.89 Å². The Bertz CT molecular complexity index is 825. The highest BCUT2D eigenvalue weighted by Crippen LogP contribution is 2.31. The summed E-state index contributed by atoms with van der Waals surface area (Å²) < 4.78 is 11.3. The van der Waals surface area contributed by atoms with Crippen molar-refractivity contribution in [3.8, 4) is 5.75 Å². The van der Waals surface area contributed by atoms with Crippen LogP contribution >= 0.6 is 0 Å². The summed E-state index contributed by atoms with van der Waals surface area (Å²) in [5.41, 5.74) is 1.12. The highest BCUT2D eigenvalue weighted by atomic mass is 16.5. The number of ether oxygens (including phenoxy) is 1. The van der Waals surface area contributed by atoms with Crippen LogP contribution in [0, 0.1) is 5.92 Å². The number of oxazole rings is 1. The summed E-state index contributed by atoms with van der Waals surface area (Å²) in [5.74, 6) is 3.80. The second kappa shape index (κ2) is 9.20. The van der Waals surface area contributed by atoms with Crippen LogP contribution in [0.15, 0.2) is 39.9 Å². The number of anilines is 1. The fourth-order valence-electron chi connectivity index (χ4n) is 3.47. The number of methoxy groups -OCH3 is 1. The number of hydrogen-bond donors (Lipinski definition) is 2. The van der Waals surface area contributed by atoms with E-state index in [1.165, 1.54) is 5.69 Å². The molecule has 1 aromatic carbocycles. The first-order valence-electron chi connectivity index (χ1n) is 10.2. The molecule has 1 fully saturated rings. The van der Waals surface area contributed by atoms with Crippen LogP contribution < -0.4 is 20.3 Å². The number of aromatic nitrogens is 1. The molecule has 0 aliphatic carbocycles. The summed E-state index contributed by atoms with van der Waals surface area (Å²) >= 11 is 0. The highest BCUT2D eigenvalue weighted by Gasteiger charge is 2.24. The van der Waals surface area contributed by atoms with E-state index < -0.39 is 0 Å². The van der Waals surface area contributed by atoms with Crippen LogP contribution in [-0.4, -0.2) is 44.7 Å². The average Bonchev–Trinajstić information content (AvgIpc) is 3.37. The maximum Gasteiger partial charge on any atom is 0.213 e. The second-order valence-corrected chi connectivity index (χ2v) is 8.45. The van der Waals surface area contributed by atoms with Crippen LogP contribution in [0.2, 0.25) is 0 Å². The third-order valence-electron chi connectivity index (χ3n) is 5.19. The molecule has 0 spiro atoms. The third kappa shape index (κ3) is 5.43. The van der Waals surface area contributed by atoms with Gasteiger partial charge in [-0.05, 0) is 24.5 Å². The number of rotatable bonds is 6. The number of hydrogen-bond acceptors (Lipinski definition) is 5. The molecule has 7 heteroatoms. The lowest BCUT2D eigenvalue weighted by Crippen LogP contribution is -2.40. The lowest BCUT2D eigenvalue weighted by Gasteiger charge is -2.21. The molecule has 1 aliphatic rings. The van der Waals surface area contributed by atoms with Crippen LogP contribution in [0.1, 0.15) is 38.8 Å². The van der Waals surface area contributed by atoms with Gasteiger partial charge in [0.15, 0.2) is 5.96 Å². The number of nitrogens with zero attached hydrogens (tertiary/aromatic N) is 3. The molecule has 1 atom stereocenters. The van der Waals surface area contributed by atoms with Crippen LogP contribution in [0.3, 0.4) is 0 Å². The fourth-order valence-corrected chi connectivity index (χ4v) is 3.47. The van der Waals surface area contributed by atoms with Gasteiger partial charge in [-0.15, -0.1) is 0 Å². The number of benzene rings is 1. The van der Waals surface area contributed by atoms with Crippen molar-refractivity contribution in [2.45, 2.75) is 39.2 Å². The maximum absolute atomic E-state index is 5.83. The molecule has 0 amide bonds. The number of para-hydroxylation sites is 2. The quantitative estimate of drug-likeness (QED) is 0.574. The van der Waals surface area contributed by atoms with Crippen molar-refractivity contribution in [3.63, 3.8) is 0 Å². The molecule has 2 heterocycles. The zero-order chi connectivity index (χ0) is 20.9. The molecular formula is C22H33N5O2. The van der Waals surface area contributed by atoms with Crippen molar-refractivity contribution in [1.82, 2.24) is 15.6 Å². The molecule has 1 saturated heterocycles. The molecule has 1 unspecified atom stereocenters. The van der Waals surface area contributed by atoms with Gasteiger partial charge >= 0.3 is 0 Å². The highest BCUT2D eigenvalue weighted by molar-refractivity contribution is 5.79. The van der Waals surface area contributed by atoms with Gasteiger partial charge in [0, 0.05) is 32.1 Å². The lowest BCUT2D eigenvalue weighted by atomic mass is 9.94. The van der Waals surface area contributed by atoms with E-state index >= 15 is 0 Å². The van der Waals surface area contributed by atoms with E-state index in [0.717, 1.165) is 43.5 Å². The van der Waals surface area contributed by atoms with Crippen molar-refractivity contribution < 1.29 is 9.15 Å². The predicted octanol–water partition coefficient (Wildman–Crippen LogP) is 3.17. The Hall–Kier alpha value is -2.70. The SMILES string of the molecule is CN=C(NCc1ncc(C(C)(C)C)o1)NCC1CCN(c2ccccc2OC)C1. The monoisotopic (exact) mass is 399 g/mol. The zero-order valence-electron chi connectivity index (χ0n) is 18.2. The minimum absolute atomic E-state index is 0.0407. The Morgan fingerprint density at radius 3 is 2.79 bits per heavy atom. The van der Waals surface area contributed by atoms with Crippen molar-refractivity contribution in [2.24, 2.45) is 10.9 Å². The summed E-state index contributed by atoms with van der Waals surface area (Å²) in [6.45, 7) is 9.74. The van der Waals surface area contributed by atoms with E-state index in [-0.39, 0.29) is 5.41 Å². The van der Waals surface area contributed by atoms with Crippen molar-refractivity contribution >= 4 is 11.6 Å². The van der Waals surface area contributed by atoms with E-state index in [0.29, 0.717) is 18.4 Å². The zero-order valence-corrected chi connectivity index (χ0v) is 18.2. The first-order chi connectivity index (χ1) is 13.9. The number of guanidine groups is 1. The molecule has 0 saturated carbocycles. The minimum atomic E-state index is -0.0407. The molecule has 1 aliphatic heterocycles. The van der Waals surface area contributed by atoms with Gasteiger partial charge in [0.25, 0.3) is 0 Å². The number of aliphatic imine (C=N–C) groups is 1. The molecule has 29 heavy (non-hydrogen) atoms. The second-order valence-electron chi connectivity index (χ2n) is 8.45. The maximum atomic E-state index is 5.83. The first-order valence-corrected chi connectivity index (χ1v) is 10.2. The van der Waals surface area contributed by atoms with Crippen molar-refractivity contribution in [1.29, 1.82) is 0 Å². The van der Waals surface area contributed by atoms with Crippen molar-refractivity contribution in [3.05, 3.63) is 42.1 Å². The summed E-state index contributed by atoms with van der Waals surface area (Å²) in [5, 5.41) is 6.72. The molecule has 3 rings (SSSR count). The van der Waals surface area contributed by atoms with Gasteiger partial charge < -0.3 is 24.7 Å². The smallest absolute Gasteiger partial charge is 0.213 e. The van der Waals surface area contributed by atoms with Crippen LogP contribution in [0.4, 0.5) is 5.69 Å². The van der Waals surface area contributed by atoms with Gasteiger partial charge in [-0.3, -0.25) is 4.99 Å². The molecule has 7 nitrogen and oxygen atoms in total. The third-order valence-corrected chi connectivity index (χ3v) is 5.19. The largest absolute Gasteiger partial charge is 0.495 e. The standard InChI is InChI=1S/C22H33N5O2/c1-22(2,3)19-13-24-20(29-19)14-26-21(23-4)25-12-16-10-11-27(15-16)17-8-6-7-9-18(17)28-5/h6-9,13,16H,10-12,14-15H2,1-5H3,(H2,23,25,26). The first kappa shape index (κ1) is 21.0. The molecule has 1 aromatic heterocycles. The normalized spacial score (nSPS) is 17.5. The van der Waals surface area contributed by atoms with Gasteiger partial charge in [-0.1, -0.05) is 32.9 Å². The fraction of sp³-hybridized carbons (Fsp3) is 0.545. The van der Waals surface area contributed by atoms with Crippen LogP contribution in [-0.2, 0) is 12.0 Å². The van der Waals surface area contributed by atoms with E-state index in [2.05, 4.69) is 58.4 Å². The van der Waals surface area contributed by atoms with Gasteiger partial charge in [0.05, 0.1) is 25.5 Å². The summed E-state index contributed by atoms with van der Waals surface area (Å²) in [6, 6.07) is 8.20. The van der Waals surface area contributed by atoms with Crippen LogP contribution in [0.5, 0.6) is 5.75 Å². The summed E-state index contributed by atoms with van der Waals surface area (Å²) in [7, 11) is 3.50. The van der Waals surface area contributed by atoms with Crippen LogP contribution in [0.25, 0.3) is 0 Å². The van der Waals surface area contributed by atoms with Gasteiger partial charge in [-0.2, -0.15) is 0 Å². The van der Waals surface area contributed by atoms with E-state index in [1.54, 1.807) is 20.4 Å². The molecule has 0 bridgehead atoms. The van der Waals surface area contributed by atoms with Gasteiger partial charge in [-0.25, -0.2) is 4.98 Å². The Labute approximate surface area is 173 Å². The summed E-state index contributed by atoms with van der Waals surface area (Å²) in [4.78, 5) is 11.1. The minimum Gasteiger partial charge on any atom is -0.495 e. The Kier molecular flexibility index (Phi) is 6.67. The predicted molar refractivity (Wildman–Crippen MR) is 117 cm³/mol. The Balaban J connectivity index is 1.47. The van der Waals surface area contributed by atoms with E-state index in [9.17, 15) is 0 Å². The molecule has 2 N–H and O–H groups in total. The molecule has 2 aromatic rings. The molecular weight excluding hydrogens is 366 g/mol.